The average Bonchev–Trinajstić information content (AvgIpc) is 3.44. The molecule has 1 aliphatic rings. The molecule has 1 saturated heterocycles. The van der Waals surface area contributed by atoms with E-state index in [1.54, 1.807) is 53.2 Å². The van der Waals surface area contributed by atoms with Crippen LogP contribution < -0.4 is 5.73 Å². The summed E-state index contributed by atoms with van der Waals surface area (Å²) in [6.07, 6.45) is -0.386. The Kier molecular flexibility index (Phi) is 6.59. The zero-order chi connectivity index (χ0) is 24.4. The van der Waals surface area contributed by atoms with Gasteiger partial charge in [0.2, 0.25) is 0 Å². The van der Waals surface area contributed by atoms with E-state index in [0.29, 0.717) is 31.7 Å². The van der Waals surface area contributed by atoms with E-state index in [2.05, 4.69) is 37.7 Å². The van der Waals surface area contributed by atoms with Crippen molar-refractivity contribution in [1.29, 1.82) is 0 Å². The second kappa shape index (κ2) is 9.96. The van der Waals surface area contributed by atoms with Gasteiger partial charge in [0.1, 0.15) is 34.7 Å². The second-order valence-electron chi connectivity index (χ2n) is 7.83. The summed E-state index contributed by atoms with van der Waals surface area (Å²) < 4.78 is 19.7. The van der Waals surface area contributed by atoms with Gasteiger partial charge in [-0.1, -0.05) is 36.4 Å². The summed E-state index contributed by atoms with van der Waals surface area (Å²) in [4.78, 5) is 33.6. The first kappa shape index (κ1) is 23.2. The molecule has 0 bridgehead atoms. The summed E-state index contributed by atoms with van der Waals surface area (Å²) in [5, 5.41) is 5.15. The third kappa shape index (κ3) is 4.82. The Labute approximate surface area is 213 Å². The zero-order valence-electron chi connectivity index (χ0n) is 18.3. The molecule has 178 valence electrons. The van der Waals surface area contributed by atoms with Crippen LogP contribution in [-0.2, 0) is 14.2 Å². The fraction of sp³-hybridized carbons (Fsp3) is 0.208. The number of hydrogen-bond acceptors (Lipinski definition) is 9. The highest BCUT2D eigenvalue weighted by Gasteiger charge is 2.41. The van der Waals surface area contributed by atoms with Crippen LogP contribution in [-0.4, -0.2) is 50.5 Å². The molecule has 0 spiro atoms. The number of anilines is 1. The van der Waals surface area contributed by atoms with E-state index >= 15 is 0 Å². The number of fused-ring (bicyclic) bond motifs is 1. The highest BCUT2D eigenvalue weighted by atomic mass is 127. The lowest BCUT2D eigenvalue weighted by Crippen LogP contribution is -2.32. The van der Waals surface area contributed by atoms with Gasteiger partial charge in [-0.3, -0.25) is 0 Å². The SMILES string of the molecule is Nc1ncnc2c1c(I)nn2C1CC(OC(=O)c2ccccc2)C(COC(=O)c2ccccc2)O1. The van der Waals surface area contributed by atoms with Crippen molar-refractivity contribution in [1.82, 2.24) is 19.7 Å². The lowest BCUT2D eigenvalue weighted by Gasteiger charge is -2.19. The first-order chi connectivity index (χ1) is 17.0. The van der Waals surface area contributed by atoms with Crippen LogP contribution in [0.4, 0.5) is 5.82 Å². The first-order valence-electron chi connectivity index (χ1n) is 10.8. The molecule has 4 aromatic rings. The fourth-order valence-electron chi connectivity index (χ4n) is 3.87. The minimum atomic E-state index is -0.712. The minimum Gasteiger partial charge on any atom is -0.459 e. The van der Waals surface area contributed by atoms with E-state index in [1.807, 2.05) is 12.1 Å². The van der Waals surface area contributed by atoms with Gasteiger partial charge in [0.15, 0.2) is 11.9 Å². The van der Waals surface area contributed by atoms with Crippen LogP contribution in [0.5, 0.6) is 0 Å². The lowest BCUT2D eigenvalue weighted by atomic mass is 10.1. The third-order valence-corrected chi connectivity index (χ3v) is 6.34. The van der Waals surface area contributed by atoms with Gasteiger partial charge < -0.3 is 19.9 Å². The lowest BCUT2D eigenvalue weighted by molar-refractivity contribution is -0.0591. The molecule has 0 saturated carbocycles. The molecule has 2 aromatic heterocycles. The molecule has 5 rings (SSSR count). The van der Waals surface area contributed by atoms with Crippen LogP contribution in [0.15, 0.2) is 67.0 Å². The quantitative estimate of drug-likeness (QED) is 0.267. The largest absolute Gasteiger partial charge is 0.459 e. The van der Waals surface area contributed by atoms with Crippen LogP contribution in [0.1, 0.15) is 33.4 Å². The van der Waals surface area contributed by atoms with Crippen LogP contribution in [0.25, 0.3) is 11.0 Å². The standard InChI is InChI=1S/C24H20IN5O5/c25-20-19-21(26)27-13-28-22(19)30(29-20)18-11-16(35-24(32)15-9-5-2-6-10-15)17(34-18)12-33-23(31)14-7-3-1-4-8-14/h1-10,13,16-18H,11-12H2,(H2,26,27,28). The number of carbonyl (C=O) groups excluding carboxylic acids is 2. The van der Waals surface area contributed by atoms with Crippen molar-refractivity contribution in [2.45, 2.75) is 24.9 Å². The van der Waals surface area contributed by atoms with Crippen molar-refractivity contribution >= 4 is 51.4 Å². The number of halogens is 1. The first-order valence-corrected chi connectivity index (χ1v) is 11.9. The predicted octanol–water partition coefficient (Wildman–Crippen LogP) is 3.38. The number of aromatic nitrogens is 4. The van der Waals surface area contributed by atoms with E-state index in [1.165, 1.54) is 6.33 Å². The number of esters is 2. The summed E-state index contributed by atoms with van der Waals surface area (Å²) in [5.74, 6) is -0.680. The smallest absolute Gasteiger partial charge is 0.338 e. The second-order valence-corrected chi connectivity index (χ2v) is 8.85. The van der Waals surface area contributed by atoms with E-state index < -0.39 is 30.4 Å². The molecule has 10 nitrogen and oxygen atoms in total. The maximum Gasteiger partial charge on any atom is 0.338 e. The molecular weight excluding hydrogens is 565 g/mol. The van der Waals surface area contributed by atoms with Crippen molar-refractivity contribution in [2.24, 2.45) is 0 Å². The van der Waals surface area contributed by atoms with Crippen molar-refractivity contribution in [3.05, 3.63) is 81.8 Å². The third-order valence-electron chi connectivity index (χ3n) is 5.58. The zero-order valence-corrected chi connectivity index (χ0v) is 20.4. The number of hydrogen-bond donors (Lipinski definition) is 1. The summed E-state index contributed by atoms with van der Waals surface area (Å²) in [5.41, 5.74) is 7.34. The molecule has 0 aliphatic carbocycles. The van der Waals surface area contributed by atoms with Gasteiger partial charge in [0.05, 0.1) is 16.5 Å². The molecule has 11 heteroatoms. The summed E-state index contributed by atoms with van der Waals surface area (Å²) in [6, 6.07) is 17.3. The van der Waals surface area contributed by atoms with Crippen LogP contribution in [0, 0.1) is 3.70 Å². The van der Waals surface area contributed by atoms with Crippen molar-refractivity contribution < 1.29 is 23.8 Å². The Morgan fingerprint density at radius 1 is 1.03 bits per heavy atom. The average molecular weight is 585 g/mol. The van der Waals surface area contributed by atoms with Gasteiger partial charge in [-0.2, -0.15) is 5.10 Å². The van der Waals surface area contributed by atoms with Gasteiger partial charge >= 0.3 is 11.9 Å². The molecule has 1 aliphatic heterocycles. The maximum atomic E-state index is 12.8. The van der Waals surface area contributed by atoms with Crippen LogP contribution >= 0.6 is 22.6 Å². The van der Waals surface area contributed by atoms with E-state index in [4.69, 9.17) is 19.9 Å². The molecular formula is C24H20IN5O5. The number of benzene rings is 2. The van der Waals surface area contributed by atoms with E-state index in [0.717, 1.165) is 0 Å². The Morgan fingerprint density at radius 3 is 2.37 bits per heavy atom. The van der Waals surface area contributed by atoms with Crippen LogP contribution in [0.2, 0.25) is 0 Å². The number of nitrogen functional groups attached to an aromatic ring is 1. The Balaban J connectivity index is 1.39. The normalized spacial score (nSPS) is 19.5. The summed E-state index contributed by atoms with van der Waals surface area (Å²) >= 11 is 2.06. The Bertz CT molecular complexity index is 1370. The van der Waals surface area contributed by atoms with Gasteiger partial charge in [0, 0.05) is 6.42 Å². The Hall–Kier alpha value is -3.58. The monoisotopic (exact) mass is 585 g/mol. The van der Waals surface area contributed by atoms with Gasteiger partial charge in [-0.05, 0) is 46.9 Å². The molecule has 1 fully saturated rings. The highest BCUT2D eigenvalue weighted by Crippen LogP contribution is 2.35. The molecule has 0 amide bonds. The van der Waals surface area contributed by atoms with Gasteiger partial charge in [-0.25, -0.2) is 24.2 Å². The number of rotatable bonds is 6. The van der Waals surface area contributed by atoms with Crippen molar-refractivity contribution in [2.75, 3.05) is 12.3 Å². The highest BCUT2D eigenvalue weighted by molar-refractivity contribution is 14.1. The van der Waals surface area contributed by atoms with E-state index in [-0.39, 0.29) is 13.0 Å². The molecule has 2 N–H and O–H groups in total. The number of nitrogens with two attached hydrogens (primary N) is 1. The van der Waals surface area contributed by atoms with Crippen LogP contribution in [0.3, 0.4) is 0 Å². The molecule has 3 unspecified atom stereocenters. The molecule has 3 heterocycles. The van der Waals surface area contributed by atoms with Crippen molar-refractivity contribution in [3.8, 4) is 0 Å². The minimum absolute atomic E-state index is 0.107. The summed E-state index contributed by atoms with van der Waals surface area (Å²) in [6.45, 7) is -0.107. The topological polar surface area (TPSA) is 131 Å². The predicted molar refractivity (Wildman–Crippen MR) is 133 cm³/mol. The molecule has 0 radical (unpaired) electrons. The number of nitrogens with zero attached hydrogens (tertiary/aromatic N) is 4. The van der Waals surface area contributed by atoms with Gasteiger partial charge in [-0.15, -0.1) is 0 Å². The number of ether oxygens (including phenoxy) is 3. The molecule has 2 aromatic carbocycles. The Morgan fingerprint density at radius 2 is 1.69 bits per heavy atom. The maximum absolute atomic E-state index is 12.8. The van der Waals surface area contributed by atoms with Crippen molar-refractivity contribution in [3.63, 3.8) is 0 Å². The number of carbonyl (C=O) groups is 2. The molecule has 35 heavy (non-hydrogen) atoms. The fourth-order valence-corrected chi connectivity index (χ4v) is 4.62. The van der Waals surface area contributed by atoms with Gasteiger partial charge in [0.25, 0.3) is 0 Å². The summed E-state index contributed by atoms with van der Waals surface area (Å²) in [7, 11) is 0. The van der Waals surface area contributed by atoms with E-state index in [9.17, 15) is 9.59 Å². The molecule has 3 atom stereocenters.